The van der Waals surface area contributed by atoms with Crippen molar-refractivity contribution in [1.82, 2.24) is 0 Å². The maximum atomic E-state index is 12.0. The van der Waals surface area contributed by atoms with Crippen molar-refractivity contribution in [2.75, 3.05) is 13.7 Å². The standard InChI is InChI=1S/C17H26O11/c1-17(24)3-7(19)9-6(14(23)25-2)5-26-15(10(9)17)28-16-13(22)12(21)11(20)8(4-18)27-16/h5,7-13,15-16,18-22,24H,3-4H2,1-2H3/t7-,8+,9+,10-,11+,12-,13+,15+,16-,17+/m1/s1. The normalized spacial score (nSPS) is 48.4. The average molecular weight is 406 g/mol. The van der Waals surface area contributed by atoms with Crippen LogP contribution in [0.25, 0.3) is 0 Å². The molecule has 11 heteroatoms. The van der Waals surface area contributed by atoms with Crippen molar-refractivity contribution in [3.63, 3.8) is 0 Å². The van der Waals surface area contributed by atoms with E-state index in [1.165, 1.54) is 14.0 Å². The van der Waals surface area contributed by atoms with E-state index >= 15 is 0 Å². The first kappa shape index (κ1) is 21.4. The van der Waals surface area contributed by atoms with E-state index in [0.717, 1.165) is 6.26 Å². The number of methoxy groups -OCH3 is 1. The number of aliphatic hydroxyl groups excluding tert-OH is 5. The Kier molecular flexibility index (Phi) is 5.99. The Bertz CT molecular complexity index is 618. The molecule has 0 unspecified atom stereocenters. The lowest BCUT2D eigenvalue weighted by atomic mass is 9.80. The molecular formula is C17H26O11. The number of esters is 1. The van der Waals surface area contributed by atoms with Gasteiger partial charge in [0.1, 0.15) is 24.4 Å². The van der Waals surface area contributed by atoms with Crippen LogP contribution in [-0.4, -0.2) is 99.0 Å². The summed E-state index contributed by atoms with van der Waals surface area (Å²) in [6.07, 6.45) is -8.88. The van der Waals surface area contributed by atoms with Crippen LogP contribution in [0.5, 0.6) is 0 Å². The van der Waals surface area contributed by atoms with Gasteiger partial charge in [0.15, 0.2) is 6.29 Å². The van der Waals surface area contributed by atoms with Gasteiger partial charge in [0, 0.05) is 12.3 Å². The predicted octanol–water partition coefficient (Wildman–Crippen LogP) is -3.04. The van der Waals surface area contributed by atoms with Crippen LogP contribution in [0, 0.1) is 11.8 Å². The quantitative estimate of drug-likeness (QED) is 0.262. The Morgan fingerprint density at radius 2 is 1.89 bits per heavy atom. The molecule has 2 heterocycles. The second kappa shape index (κ2) is 7.84. The van der Waals surface area contributed by atoms with Crippen molar-refractivity contribution in [3.8, 4) is 0 Å². The van der Waals surface area contributed by atoms with Crippen LogP contribution >= 0.6 is 0 Å². The molecule has 1 aliphatic carbocycles. The molecule has 3 rings (SSSR count). The molecule has 11 nitrogen and oxygen atoms in total. The van der Waals surface area contributed by atoms with E-state index in [1.54, 1.807) is 0 Å². The summed E-state index contributed by atoms with van der Waals surface area (Å²) in [6, 6.07) is 0. The molecular weight excluding hydrogens is 380 g/mol. The van der Waals surface area contributed by atoms with Crippen LogP contribution in [0.3, 0.4) is 0 Å². The topological polar surface area (TPSA) is 175 Å². The fraction of sp³-hybridized carbons (Fsp3) is 0.824. The third-order valence-corrected chi connectivity index (χ3v) is 5.66. The van der Waals surface area contributed by atoms with Crippen molar-refractivity contribution in [1.29, 1.82) is 0 Å². The first-order valence-corrected chi connectivity index (χ1v) is 8.92. The highest BCUT2D eigenvalue weighted by molar-refractivity contribution is 5.89. The number of fused-ring (bicyclic) bond motifs is 1. The van der Waals surface area contributed by atoms with Crippen LogP contribution < -0.4 is 0 Å². The number of rotatable bonds is 4. The van der Waals surface area contributed by atoms with Crippen molar-refractivity contribution < 1.29 is 54.4 Å². The third kappa shape index (κ3) is 3.53. The summed E-state index contributed by atoms with van der Waals surface area (Å²) in [7, 11) is 1.17. The first-order chi connectivity index (χ1) is 13.1. The number of aliphatic hydroxyl groups is 6. The summed E-state index contributed by atoms with van der Waals surface area (Å²) in [5, 5.41) is 60.4. The summed E-state index contributed by atoms with van der Waals surface area (Å²) in [5.41, 5.74) is -1.46. The van der Waals surface area contributed by atoms with Gasteiger partial charge in [-0.15, -0.1) is 0 Å². The maximum absolute atomic E-state index is 12.0. The van der Waals surface area contributed by atoms with Crippen LogP contribution in [0.2, 0.25) is 0 Å². The highest BCUT2D eigenvalue weighted by Gasteiger charge is 2.59. The van der Waals surface area contributed by atoms with Gasteiger partial charge in [0.2, 0.25) is 6.29 Å². The van der Waals surface area contributed by atoms with E-state index in [0.29, 0.717) is 0 Å². The minimum absolute atomic E-state index is 0.0337. The largest absolute Gasteiger partial charge is 0.471 e. The lowest BCUT2D eigenvalue weighted by molar-refractivity contribution is -0.346. The molecule has 10 atom stereocenters. The summed E-state index contributed by atoms with van der Waals surface area (Å²) >= 11 is 0. The van der Waals surface area contributed by atoms with Crippen molar-refractivity contribution >= 4 is 5.97 Å². The van der Waals surface area contributed by atoms with Gasteiger partial charge in [-0.1, -0.05) is 0 Å². The highest BCUT2D eigenvalue weighted by Crippen LogP contribution is 2.49. The molecule has 1 saturated carbocycles. The number of hydrogen-bond donors (Lipinski definition) is 6. The van der Waals surface area contributed by atoms with Gasteiger partial charge in [-0.2, -0.15) is 0 Å². The van der Waals surface area contributed by atoms with Crippen LogP contribution in [-0.2, 0) is 23.7 Å². The third-order valence-electron chi connectivity index (χ3n) is 5.66. The second-order valence-electron chi connectivity index (χ2n) is 7.58. The number of ether oxygens (including phenoxy) is 4. The molecule has 2 fully saturated rings. The van der Waals surface area contributed by atoms with Gasteiger partial charge in [-0.25, -0.2) is 4.79 Å². The number of carbonyl (C=O) groups excluding carboxylic acids is 1. The predicted molar refractivity (Wildman–Crippen MR) is 88.1 cm³/mol. The fourth-order valence-corrected chi connectivity index (χ4v) is 4.21. The molecule has 2 aliphatic heterocycles. The molecule has 6 N–H and O–H groups in total. The molecule has 0 bridgehead atoms. The zero-order valence-electron chi connectivity index (χ0n) is 15.4. The molecule has 1 saturated heterocycles. The summed E-state index contributed by atoms with van der Waals surface area (Å²) in [5.74, 6) is -2.50. The number of hydrogen-bond acceptors (Lipinski definition) is 11. The Hall–Kier alpha value is -1.31. The van der Waals surface area contributed by atoms with E-state index in [2.05, 4.69) is 0 Å². The highest BCUT2D eigenvalue weighted by atomic mass is 16.8. The molecule has 0 amide bonds. The molecule has 160 valence electrons. The van der Waals surface area contributed by atoms with Crippen molar-refractivity contribution in [2.24, 2.45) is 11.8 Å². The summed E-state index contributed by atoms with van der Waals surface area (Å²) in [6.45, 7) is 0.819. The SMILES string of the molecule is COC(=O)C1=CO[C@@H](O[C@H]2O[C@@H](CO)[C@H](O)[C@@H](O)[C@@H]2O)[C@H]2[C@@H]1[C@H](O)C[C@]2(C)O. The summed E-state index contributed by atoms with van der Waals surface area (Å²) in [4.78, 5) is 12.0. The van der Waals surface area contributed by atoms with Crippen LogP contribution in [0.15, 0.2) is 11.8 Å². The van der Waals surface area contributed by atoms with Crippen molar-refractivity contribution in [3.05, 3.63) is 11.8 Å². The smallest absolute Gasteiger partial charge is 0.337 e. The minimum atomic E-state index is -1.66. The van der Waals surface area contributed by atoms with E-state index in [4.69, 9.17) is 18.9 Å². The molecule has 28 heavy (non-hydrogen) atoms. The fourth-order valence-electron chi connectivity index (χ4n) is 4.21. The second-order valence-corrected chi connectivity index (χ2v) is 7.58. The molecule has 3 aliphatic rings. The lowest BCUT2D eigenvalue weighted by Gasteiger charge is -2.44. The Morgan fingerprint density at radius 3 is 2.50 bits per heavy atom. The van der Waals surface area contributed by atoms with Crippen LogP contribution in [0.1, 0.15) is 13.3 Å². The van der Waals surface area contributed by atoms with Gasteiger partial charge in [0.05, 0.1) is 43.2 Å². The van der Waals surface area contributed by atoms with Gasteiger partial charge in [0.25, 0.3) is 0 Å². The first-order valence-electron chi connectivity index (χ1n) is 8.92. The Balaban J connectivity index is 1.86. The van der Waals surface area contributed by atoms with Gasteiger partial charge in [-0.05, 0) is 6.92 Å². The molecule has 0 aromatic heterocycles. The maximum Gasteiger partial charge on any atom is 0.337 e. The zero-order chi connectivity index (χ0) is 20.8. The van der Waals surface area contributed by atoms with Gasteiger partial charge < -0.3 is 49.6 Å². The Labute approximate surface area is 160 Å². The monoisotopic (exact) mass is 406 g/mol. The minimum Gasteiger partial charge on any atom is -0.471 e. The lowest BCUT2D eigenvalue weighted by Crippen LogP contribution is -2.60. The Morgan fingerprint density at radius 1 is 1.21 bits per heavy atom. The van der Waals surface area contributed by atoms with E-state index in [1.807, 2.05) is 0 Å². The molecule has 0 spiro atoms. The van der Waals surface area contributed by atoms with Gasteiger partial charge in [-0.3, -0.25) is 0 Å². The molecule has 0 aromatic carbocycles. The molecule has 0 aromatic rings. The summed E-state index contributed by atoms with van der Waals surface area (Å²) < 4.78 is 21.1. The zero-order valence-corrected chi connectivity index (χ0v) is 15.4. The molecule has 0 radical (unpaired) electrons. The van der Waals surface area contributed by atoms with E-state index in [9.17, 15) is 35.4 Å². The van der Waals surface area contributed by atoms with Crippen molar-refractivity contribution in [2.45, 2.75) is 62.0 Å². The van der Waals surface area contributed by atoms with Crippen LogP contribution in [0.4, 0.5) is 0 Å². The van der Waals surface area contributed by atoms with E-state index in [-0.39, 0.29) is 12.0 Å². The average Bonchev–Trinajstić information content (AvgIpc) is 2.91. The number of carbonyl (C=O) groups is 1. The van der Waals surface area contributed by atoms with Gasteiger partial charge >= 0.3 is 5.97 Å². The van der Waals surface area contributed by atoms with E-state index < -0.39 is 73.1 Å².